The minimum absolute atomic E-state index is 0.0266. The van der Waals surface area contributed by atoms with Crippen molar-refractivity contribution in [3.8, 4) is 5.75 Å². The van der Waals surface area contributed by atoms with Crippen LogP contribution in [0.4, 0.5) is 13.2 Å². The lowest BCUT2D eigenvalue weighted by Gasteiger charge is -2.11. The van der Waals surface area contributed by atoms with E-state index >= 15 is 0 Å². The topological polar surface area (TPSA) is 128 Å². The van der Waals surface area contributed by atoms with Crippen molar-refractivity contribution in [2.45, 2.75) is 41.5 Å². The highest BCUT2D eigenvalue weighted by molar-refractivity contribution is 7.91. The Kier molecular flexibility index (Phi) is 5.70. The average molecular weight is 443 g/mol. The molecule has 1 heterocycles. The van der Waals surface area contributed by atoms with Crippen molar-refractivity contribution in [3.63, 3.8) is 0 Å². The number of alkyl halides is 3. The molecule has 1 aliphatic carbocycles. The molecule has 1 aromatic heterocycles. The first-order valence-corrected chi connectivity index (χ1v) is 10.1. The van der Waals surface area contributed by atoms with Crippen LogP contribution >= 0.6 is 0 Å². The number of halogens is 3. The van der Waals surface area contributed by atoms with Gasteiger partial charge in [0, 0.05) is 12.2 Å². The molecule has 0 radical (unpaired) electrons. The SMILES string of the molecule is NC(=O)c1ncc(S(=O)(=O)c2ccc(OC(F)(F)F)cc2)cc1CC(=O)NC1CC1. The number of hydrogen-bond donors (Lipinski definition) is 2. The second-order valence-corrected chi connectivity index (χ2v) is 8.53. The Hall–Kier alpha value is -3.15. The molecule has 8 nitrogen and oxygen atoms in total. The van der Waals surface area contributed by atoms with Gasteiger partial charge in [0.2, 0.25) is 15.7 Å². The highest BCUT2D eigenvalue weighted by Crippen LogP contribution is 2.27. The fraction of sp³-hybridized carbons (Fsp3) is 0.278. The first kappa shape index (κ1) is 21.6. The van der Waals surface area contributed by atoms with Crippen LogP contribution < -0.4 is 15.8 Å². The molecule has 2 amide bonds. The van der Waals surface area contributed by atoms with Gasteiger partial charge in [0.25, 0.3) is 5.91 Å². The van der Waals surface area contributed by atoms with E-state index in [-0.39, 0.29) is 33.5 Å². The number of benzene rings is 1. The van der Waals surface area contributed by atoms with Gasteiger partial charge >= 0.3 is 6.36 Å². The number of carbonyl (C=O) groups excluding carboxylic acids is 2. The van der Waals surface area contributed by atoms with E-state index in [0.29, 0.717) is 0 Å². The van der Waals surface area contributed by atoms with Crippen molar-refractivity contribution in [1.29, 1.82) is 0 Å². The molecule has 30 heavy (non-hydrogen) atoms. The van der Waals surface area contributed by atoms with Crippen molar-refractivity contribution >= 4 is 21.7 Å². The van der Waals surface area contributed by atoms with Gasteiger partial charge < -0.3 is 15.8 Å². The molecule has 0 bridgehead atoms. The average Bonchev–Trinajstić information content (AvgIpc) is 3.44. The molecule has 160 valence electrons. The number of hydrogen-bond acceptors (Lipinski definition) is 6. The van der Waals surface area contributed by atoms with E-state index in [0.717, 1.165) is 49.4 Å². The maximum absolute atomic E-state index is 12.8. The van der Waals surface area contributed by atoms with Gasteiger partial charge in [-0.15, -0.1) is 13.2 Å². The largest absolute Gasteiger partial charge is 0.573 e. The third-order valence-corrected chi connectivity index (χ3v) is 5.88. The summed E-state index contributed by atoms with van der Waals surface area (Å²) in [5, 5.41) is 2.71. The summed E-state index contributed by atoms with van der Waals surface area (Å²) >= 11 is 0. The van der Waals surface area contributed by atoms with Crippen LogP contribution in [0.3, 0.4) is 0 Å². The van der Waals surface area contributed by atoms with Gasteiger partial charge in [-0.25, -0.2) is 13.4 Å². The maximum atomic E-state index is 12.8. The quantitative estimate of drug-likeness (QED) is 0.671. The van der Waals surface area contributed by atoms with E-state index in [9.17, 15) is 31.2 Å². The predicted molar refractivity (Wildman–Crippen MR) is 96.2 cm³/mol. The zero-order chi connectivity index (χ0) is 22.1. The van der Waals surface area contributed by atoms with Crippen molar-refractivity contribution < 1.29 is 35.9 Å². The number of nitrogens with one attached hydrogen (secondary N) is 1. The molecule has 1 fully saturated rings. The summed E-state index contributed by atoms with van der Waals surface area (Å²) in [6.45, 7) is 0. The molecule has 0 atom stereocenters. The van der Waals surface area contributed by atoms with Crippen LogP contribution in [0.2, 0.25) is 0 Å². The summed E-state index contributed by atoms with van der Waals surface area (Å²) < 4.78 is 66.1. The summed E-state index contributed by atoms with van der Waals surface area (Å²) in [5.41, 5.74) is 5.04. The third kappa shape index (κ3) is 5.26. The number of sulfone groups is 1. The van der Waals surface area contributed by atoms with Gasteiger partial charge in [-0.2, -0.15) is 0 Å². The van der Waals surface area contributed by atoms with Gasteiger partial charge in [-0.05, 0) is 48.7 Å². The van der Waals surface area contributed by atoms with Crippen LogP contribution in [0, 0.1) is 0 Å². The highest BCUT2D eigenvalue weighted by Gasteiger charge is 2.31. The van der Waals surface area contributed by atoms with Crippen LogP contribution in [0.1, 0.15) is 28.9 Å². The Morgan fingerprint density at radius 2 is 1.80 bits per heavy atom. The first-order chi connectivity index (χ1) is 14.0. The van der Waals surface area contributed by atoms with Crippen molar-refractivity contribution in [1.82, 2.24) is 10.3 Å². The van der Waals surface area contributed by atoms with Crippen LogP contribution in [0.5, 0.6) is 5.75 Å². The monoisotopic (exact) mass is 443 g/mol. The van der Waals surface area contributed by atoms with Crippen molar-refractivity contribution in [2.24, 2.45) is 5.73 Å². The second kappa shape index (κ2) is 7.94. The number of rotatable bonds is 7. The summed E-state index contributed by atoms with van der Waals surface area (Å²) in [7, 11) is -4.19. The van der Waals surface area contributed by atoms with Crippen LogP contribution in [0.15, 0.2) is 46.3 Å². The van der Waals surface area contributed by atoms with Gasteiger partial charge in [0.05, 0.1) is 16.2 Å². The molecule has 1 aliphatic rings. The van der Waals surface area contributed by atoms with E-state index < -0.39 is 33.8 Å². The zero-order valence-corrected chi connectivity index (χ0v) is 16.1. The Morgan fingerprint density at radius 1 is 1.17 bits per heavy atom. The third-order valence-electron chi connectivity index (χ3n) is 4.15. The van der Waals surface area contributed by atoms with Gasteiger partial charge in [0.1, 0.15) is 11.4 Å². The molecule has 12 heteroatoms. The first-order valence-electron chi connectivity index (χ1n) is 8.65. The van der Waals surface area contributed by atoms with Crippen LogP contribution in [-0.2, 0) is 21.1 Å². The van der Waals surface area contributed by atoms with E-state index in [1.54, 1.807) is 0 Å². The molecule has 2 aromatic rings. The van der Waals surface area contributed by atoms with Gasteiger partial charge in [0.15, 0.2) is 0 Å². The number of primary amides is 1. The van der Waals surface area contributed by atoms with Crippen LogP contribution in [0.25, 0.3) is 0 Å². The number of nitrogens with zero attached hydrogens (tertiary/aromatic N) is 1. The van der Waals surface area contributed by atoms with Crippen molar-refractivity contribution in [3.05, 3.63) is 47.8 Å². The highest BCUT2D eigenvalue weighted by atomic mass is 32.2. The fourth-order valence-electron chi connectivity index (χ4n) is 2.63. The number of nitrogens with two attached hydrogens (primary N) is 1. The van der Waals surface area contributed by atoms with E-state index in [2.05, 4.69) is 15.0 Å². The Balaban J connectivity index is 1.90. The normalized spacial score (nSPS) is 14.2. The molecule has 0 saturated heterocycles. The molecule has 0 spiro atoms. The zero-order valence-electron chi connectivity index (χ0n) is 15.3. The van der Waals surface area contributed by atoms with E-state index in [4.69, 9.17) is 5.73 Å². The summed E-state index contributed by atoms with van der Waals surface area (Å²) in [6.07, 6.45) is -2.63. The molecule has 0 aliphatic heterocycles. The molecular weight excluding hydrogens is 427 g/mol. The van der Waals surface area contributed by atoms with Gasteiger partial charge in [-0.1, -0.05) is 0 Å². The fourth-order valence-corrected chi connectivity index (χ4v) is 3.88. The molecule has 0 unspecified atom stereocenters. The Morgan fingerprint density at radius 3 is 2.33 bits per heavy atom. The predicted octanol–water partition coefficient (Wildman–Crippen LogP) is 1.73. The van der Waals surface area contributed by atoms with Crippen molar-refractivity contribution in [2.75, 3.05) is 0 Å². The summed E-state index contributed by atoms with van der Waals surface area (Å²) in [6, 6.07) is 4.77. The minimum atomic E-state index is -4.91. The van der Waals surface area contributed by atoms with E-state index in [1.165, 1.54) is 0 Å². The lowest BCUT2D eigenvalue weighted by atomic mass is 10.1. The molecular formula is C18H16F3N3O5S. The lowest BCUT2D eigenvalue weighted by molar-refractivity contribution is -0.274. The molecule has 3 N–H and O–H groups in total. The van der Waals surface area contributed by atoms with Crippen LogP contribution in [-0.4, -0.2) is 37.6 Å². The number of ether oxygens (including phenoxy) is 1. The minimum Gasteiger partial charge on any atom is -0.406 e. The summed E-state index contributed by atoms with van der Waals surface area (Å²) in [4.78, 5) is 26.8. The smallest absolute Gasteiger partial charge is 0.406 e. The van der Waals surface area contributed by atoms with E-state index in [1.807, 2.05) is 0 Å². The number of aromatic nitrogens is 1. The molecule has 1 saturated carbocycles. The number of pyridine rings is 1. The van der Waals surface area contributed by atoms with Gasteiger partial charge in [-0.3, -0.25) is 9.59 Å². The Labute approximate surface area is 169 Å². The standard InChI is InChI=1S/C18H16F3N3O5S/c19-18(20,21)29-12-3-5-13(6-4-12)30(27,28)14-7-10(16(17(22)26)23-9-14)8-15(25)24-11-1-2-11/h3-7,9,11H,1-2,8H2,(H2,22,26)(H,24,25). The second-order valence-electron chi connectivity index (χ2n) is 6.58. The number of amides is 2. The Bertz CT molecular complexity index is 1080. The molecule has 3 rings (SSSR count). The molecule has 1 aromatic carbocycles. The number of carbonyl (C=O) groups is 2. The summed E-state index contributed by atoms with van der Waals surface area (Å²) in [5.74, 6) is -1.92. The maximum Gasteiger partial charge on any atom is 0.573 e. The lowest BCUT2D eigenvalue weighted by Crippen LogP contribution is -2.28.